The Morgan fingerprint density at radius 2 is 1.18 bits per heavy atom. The maximum atomic E-state index is 13.0. The van der Waals surface area contributed by atoms with Crippen molar-refractivity contribution in [2.75, 3.05) is 37.3 Å². The quantitative estimate of drug-likeness (QED) is 0.223. The molecule has 11 heteroatoms. The van der Waals surface area contributed by atoms with Gasteiger partial charge in [-0.25, -0.2) is 0 Å². The Morgan fingerprint density at radius 1 is 0.692 bits per heavy atom. The Hall–Kier alpha value is -5.16. The second-order valence-electron chi connectivity index (χ2n) is 8.06. The molecule has 1 heterocycles. The first kappa shape index (κ1) is 26.9. The summed E-state index contributed by atoms with van der Waals surface area (Å²) in [6.07, 6.45) is -1.23. The van der Waals surface area contributed by atoms with Gasteiger partial charge in [-0.2, -0.15) is 9.97 Å². The van der Waals surface area contributed by atoms with E-state index in [2.05, 4.69) is 25.9 Å². The second-order valence-corrected chi connectivity index (χ2v) is 8.06. The summed E-state index contributed by atoms with van der Waals surface area (Å²) >= 11 is 0. The number of nitrogens with one attached hydrogen (secondary N) is 3. The van der Waals surface area contributed by atoms with Crippen molar-refractivity contribution in [1.29, 1.82) is 0 Å². The highest BCUT2D eigenvalue weighted by molar-refractivity contribution is 6.07. The number of carbonyl (C=O) groups is 2. The van der Waals surface area contributed by atoms with E-state index in [1.807, 2.05) is 0 Å². The molecule has 0 aliphatic rings. The third-order valence-electron chi connectivity index (χ3n) is 5.61. The molecule has 2 amide bonds. The van der Waals surface area contributed by atoms with Crippen molar-refractivity contribution in [2.45, 2.75) is 6.23 Å². The summed E-state index contributed by atoms with van der Waals surface area (Å²) in [6.45, 7) is 0. The number of ether oxygens (including phenoxy) is 3. The van der Waals surface area contributed by atoms with Crippen molar-refractivity contribution < 1.29 is 28.9 Å². The lowest BCUT2D eigenvalue weighted by Crippen LogP contribution is -2.19. The number of hydrogen-bond acceptors (Lipinski definition) is 9. The number of para-hydroxylation sites is 3. The van der Waals surface area contributed by atoms with Crippen LogP contribution in [0.25, 0.3) is 0 Å². The molecule has 4 aromatic rings. The van der Waals surface area contributed by atoms with Gasteiger partial charge >= 0.3 is 0 Å². The number of anilines is 3. The Balaban J connectivity index is 1.67. The van der Waals surface area contributed by atoms with Gasteiger partial charge in [-0.1, -0.05) is 42.5 Å². The monoisotopic (exact) mass is 529 g/mol. The average Bonchev–Trinajstić information content (AvgIpc) is 2.96. The summed E-state index contributed by atoms with van der Waals surface area (Å²) in [6, 6.07) is 21.7. The molecule has 3 aromatic carbocycles. The SMILES string of the molecule is COc1ccccc1C(=O)Nc1cc(NC(O)c2ccccc2OC)nc(NC(=O)c2ccccc2OC)n1. The number of rotatable bonds is 10. The highest BCUT2D eigenvalue weighted by atomic mass is 16.5. The van der Waals surface area contributed by atoms with Crippen LogP contribution in [0.3, 0.4) is 0 Å². The van der Waals surface area contributed by atoms with E-state index in [1.165, 1.54) is 27.4 Å². The fraction of sp³-hybridized carbons (Fsp3) is 0.143. The molecule has 0 radical (unpaired) electrons. The van der Waals surface area contributed by atoms with Gasteiger partial charge < -0.3 is 30.0 Å². The molecule has 0 saturated heterocycles. The molecule has 1 atom stereocenters. The average molecular weight is 530 g/mol. The van der Waals surface area contributed by atoms with Crippen LogP contribution in [0.2, 0.25) is 0 Å². The number of nitrogens with zero attached hydrogens (tertiary/aromatic N) is 2. The highest BCUT2D eigenvalue weighted by Crippen LogP contribution is 2.27. The van der Waals surface area contributed by atoms with E-state index in [0.29, 0.717) is 22.8 Å². The van der Waals surface area contributed by atoms with E-state index in [9.17, 15) is 14.7 Å². The first-order chi connectivity index (χ1) is 18.9. The minimum absolute atomic E-state index is 0.0611. The molecule has 0 spiro atoms. The maximum absolute atomic E-state index is 13.0. The molecular weight excluding hydrogens is 502 g/mol. The summed E-state index contributed by atoms with van der Waals surface area (Å²) in [5.74, 6) is 0.222. The topological polar surface area (TPSA) is 144 Å². The third kappa shape index (κ3) is 6.40. The van der Waals surface area contributed by atoms with Crippen molar-refractivity contribution in [1.82, 2.24) is 9.97 Å². The number of amides is 2. The zero-order valence-corrected chi connectivity index (χ0v) is 21.5. The van der Waals surface area contributed by atoms with E-state index >= 15 is 0 Å². The Labute approximate surface area is 224 Å². The minimum atomic E-state index is -1.23. The van der Waals surface area contributed by atoms with Crippen LogP contribution in [0, 0.1) is 0 Å². The van der Waals surface area contributed by atoms with Crippen LogP contribution in [0.4, 0.5) is 17.6 Å². The summed E-state index contributed by atoms with van der Waals surface area (Å²) in [4.78, 5) is 34.6. The van der Waals surface area contributed by atoms with Crippen LogP contribution in [-0.2, 0) is 0 Å². The van der Waals surface area contributed by atoms with E-state index in [4.69, 9.17) is 14.2 Å². The van der Waals surface area contributed by atoms with Crippen molar-refractivity contribution >= 4 is 29.4 Å². The molecule has 11 nitrogen and oxygen atoms in total. The fourth-order valence-electron chi connectivity index (χ4n) is 3.77. The molecule has 4 rings (SSSR count). The molecule has 1 aromatic heterocycles. The highest BCUT2D eigenvalue weighted by Gasteiger charge is 2.19. The fourth-order valence-corrected chi connectivity index (χ4v) is 3.77. The van der Waals surface area contributed by atoms with Gasteiger partial charge in [0.05, 0.1) is 32.5 Å². The Kier molecular flexibility index (Phi) is 8.54. The Bertz CT molecular complexity index is 1400. The minimum Gasteiger partial charge on any atom is -0.496 e. The predicted molar refractivity (Wildman–Crippen MR) is 146 cm³/mol. The van der Waals surface area contributed by atoms with E-state index in [0.717, 1.165) is 0 Å². The molecule has 39 heavy (non-hydrogen) atoms. The van der Waals surface area contributed by atoms with Gasteiger partial charge in [0, 0.05) is 11.6 Å². The van der Waals surface area contributed by atoms with Crippen molar-refractivity contribution in [3.05, 3.63) is 95.6 Å². The second kappa shape index (κ2) is 12.4. The van der Waals surface area contributed by atoms with Gasteiger partial charge in [-0.05, 0) is 30.3 Å². The first-order valence-corrected chi connectivity index (χ1v) is 11.8. The summed E-state index contributed by atoms with van der Waals surface area (Å²) in [7, 11) is 4.41. The largest absolute Gasteiger partial charge is 0.496 e. The molecule has 1 unspecified atom stereocenters. The van der Waals surface area contributed by atoms with Gasteiger partial charge in [-0.15, -0.1) is 0 Å². The summed E-state index contributed by atoms with van der Waals surface area (Å²) in [5, 5.41) is 19.0. The lowest BCUT2D eigenvalue weighted by Gasteiger charge is -2.18. The standard InChI is InChI=1S/C28H27N5O6/c1-37-20-13-7-4-10-17(20)25(34)29-23-16-24(30-26(35)18-11-5-8-14-21(18)38-2)32-28(31-23)33-27(36)19-12-6-9-15-22(19)39-3/h4-16,25,34H,1-3H3,(H3,29,30,31,32,33,35,36). The van der Waals surface area contributed by atoms with Gasteiger partial charge in [-0.3, -0.25) is 14.9 Å². The number of carbonyl (C=O) groups excluding carboxylic acids is 2. The lowest BCUT2D eigenvalue weighted by atomic mass is 10.1. The molecule has 0 saturated carbocycles. The molecule has 0 aliphatic heterocycles. The maximum Gasteiger partial charge on any atom is 0.261 e. The third-order valence-corrected chi connectivity index (χ3v) is 5.61. The van der Waals surface area contributed by atoms with E-state index in [-0.39, 0.29) is 28.7 Å². The van der Waals surface area contributed by atoms with E-state index < -0.39 is 18.0 Å². The predicted octanol–water partition coefficient (Wildman–Crippen LogP) is 4.11. The number of benzene rings is 3. The molecule has 0 bridgehead atoms. The zero-order chi connectivity index (χ0) is 27.8. The molecule has 0 aliphatic carbocycles. The molecular formula is C28H27N5O6. The van der Waals surface area contributed by atoms with Crippen molar-refractivity contribution in [3.63, 3.8) is 0 Å². The smallest absolute Gasteiger partial charge is 0.261 e. The molecule has 4 N–H and O–H groups in total. The van der Waals surface area contributed by atoms with Gasteiger partial charge in [0.25, 0.3) is 11.8 Å². The number of methoxy groups -OCH3 is 3. The normalized spacial score (nSPS) is 11.2. The van der Waals surface area contributed by atoms with Gasteiger partial charge in [0.1, 0.15) is 28.9 Å². The first-order valence-electron chi connectivity index (χ1n) is 11.8. The lowest BCUT2D eigenvalue weighted by molar-refractivity contribution is 0.101. The number of aliphatic hydroxyl groups is 1. The molecule has 200 valence electrons. The Morgan fingerprint density at radius 3 is 1.77 bits per heavy atom. The van der Waals surface area contributed by atoms with Gasteiger partial charge in [0.15, 0.2) is 6.23 Å². The number of aromatic nitrogens is 2. The van der Waals surface area contributed by atoms with Crippen LogP contribution in [0.5, 0.6) is 17.2 Å². The van der Waals surface area contributed by atoms with Crippen LogP contribution < -0.4 is 30.2 Å². The van der Waals surface area contributed by atoms with Crippen LogP contribution in [-0.4, -0.2) is 48.2 Å². The number of hydrogen-bond donors (Lipinski definition) is 4. The van der Waals surface area contributed by atoms with Gasteiger partial charge in [0.2, 0.25) is 5.95 Å². The molecule has 0 fully saturated rings. The van der Waals surface area contributed by atoms with Crippen LogP contribution in [0.15, 0.2) is 78.9 Å². The number of aliphatic hydroxyl groups excluding tert-OH is 1. The van der Waals surface area contributed by atoms with E-state index in [1.54, 1.807) is 72.8 Å². The van der Waals surface area contributed by atoms with Crippen molar-refractivity contribution in [3.8, 4) is 17.2 Å². The van der Waals surface area contributed by atoms with Crippen molar-refractivity contribution in [2.24, 2.45) is 0 Å². The summed E-state index contributed by atoms with van der Waals surface area (Å²) in [5.41, 5.74) is 0.996. The zero-order valence-electron chi connectivity index (χ0n) is 21.5. The van der Waals surface area contributed by atoms with Crippen LogP contribution in [0.1, 0.15) is 32.5 Å². The summed E-state index contributed by atoms with van der Waals surface area (Å²) < 4.78 is 15.9. The van der Waals surface area contributed by atoms with Crippen LogP contribution >= 0.6 is 0 Å².